The van der Waals surface area contributed by atoms with Gasteiger partial charge in [-0.15, -0.1) is 11.3 Å². The lowest BCUT2D eigenvalue weighted by Gasteiger charge is -2.29. The predicted octanol–water partition coefficient (Wildman–Crippen LogP) is 3.43. The number of fused-ring (bicyclic) bond motifs is 1. The second kappa shape index (κ2) is 8.59. The number of thiazole rings is 1. The van der Waals surface area contributed by atoms with E-state index in [1.165, 1.54) is 16.1 Å². The lowest BCUT2D eigenvalue weighted by atomic mass is 10.0. The maximum Gasteiger partial charge on any atom is 0.185 e. The molecule has 0 N–H and O–H groups in total. The molecule has 4 rings (SSSR count). The Hall–Kier alpha value is -1.63. The minimum Gasteiger partial charge on any atom is -0.379 e. The summed E-state index contributed by atoms with van der Waals surface area (Å²) < 4.78 is 5.51. The Bertz CT molecular complexity index is 739. The van der Waals surface area contributed by atoms with Crippen molar-refractivity contribution in [3.05, 3.63) is 40.9 Å². The van der Waals surface area contributed by atoms with Gasteiger partial charge in [-0.25, -0.2) is 4.98 Å². The van der Waals surface area contributed by atoms with Crippen LogP contribution in [0.25, 0.3) is 0 Å². The zero-order valence-corrected chi connectivity index (χ0v) is 17.2. The lowest BCUT2D eigenvalue weighted by molar-refractivity contribution is 0.0356. The van der Waals surface area contributed by atoms with Gasteiger partial charge in [-0.2, -0.15) is 0 Å². The fourth-order valence-corrected chi connectivity index (χ4v) is 5.24. The average Bonchev–Trinajstić information content (AvgIpc) is 3.30. The first-order valence-electron chi connectivity index (χ1n) is 10.1. The van der Waals surface area contributed by atoms with Gasteiger partial charge in [0, 0.05) is 61.9 Å². The standard InChI is InChI=1S/C21H30N4OS/c1-3-24(4-2)21-22-13-18(27-21)16-25-15-17(14-23-9-11-26-12-10-23)19-7-5-6-8-20(19)25/h5-8,13,17H,3-4,9-12,14-16H2,1-2H3. The van der Waals surface area contributed by atoms with Crippen LogP contribution in [0.5, 0.6) is 0 Å². The van der Waals surface area contributed by atoms with Crippen LogP contribution in [0, 0.1) is 0 Å². The summed E-state index contributed by atoms with van der Waals surface area (Å²) in [4.78, 5) is 13.4. The summed E-state index contributed by atoms with van der Waals surface area (Å²) in [5.74, 6) is 0.578. The molecule has 0 bridgehead atoms. The molecule has 1 atom stereocenters. The van der Waals surface area contributed by atoms with E-state index in [4.69, 9.17) is 4.74 Å². The Morgan fingerprint density at radius 3 is 2.74 bits per heavy atom. The molecule has 2 aromatic rings. The second-order valence-corrected chi connectivity index (χ2v) is 8.42. The number of rotatable bonds is 7. The summed E-state index contributed by atoms with van der Waals surface area (Å²) in [5, 5.41) is 1.15. The van der Waals surface area contributed by atoms with Crippen LogP contribution in [0.4, 0.5) is 10.8 Å². The Labute approximate surface area is 166 Å². The van der Waals surface area contributed by atoms with Crippen molar-refractivity contribution in [2.75, 3.05) is 62.3 Å². The molecule has 1 fully saturated rings. The van der Waals surface area contributed by atoms with E-state index >= 15 is 0 Å². The Balaban J connectivity index is 1.47. The summed E-state index contributed by atoms with van der Waals surface area (Å²) in [7, 11) is 0. The van der Waals surface area contributed by atoms with Crippen LogP contribution in [-0.2, 0) is 11.3 Å². The monoisotopic (exact) mass is 386 g/mol. The SMILES string of the molecule is CCN(CC)c1ncc(CN2CC(CN3CCOCC3)c3ccccc32)s1. The third kappa shape index (κ3) is 4.13. The molecule has 6 heteroatoms. The summed E-state index contributed by atoms with van der Waals surface area (Å²) in [6.45, 7) is 13.4. The third-order valence-electron chi connectivity index (χ3n) is 5.66. The van der Waals surface area contributed by atoms with E-state index in [-0.39, 0.29) is 0 Å². The molecule has 0 saturated carbocycles. The number of hydrogen-bond acceptors (Lipinski definition) is 6. The number of benzene rings is 1. The van der Waals surface area contributed by atoms with Gasteiger partial charge >= 0.3 is 0 Å². The molecule has 0 radical (unpaired) electrons. The van der Waals surface area contributed by atoms with Crippen LogP contribution in [0.3, 0.4) is 0 Å². The molecule has 2 aliphatic rings. The normalized spacial score (nSPS) is 20.1. The Morgan fingerprint density at radius 2 is 1.96 bits per heavy atom. The van der Waals surface area contributed by atoms with E-state index in [1.54, 1.807) is 0 Å². The molecule has 146 valence electrons. The van der Waals surface area contributed by atoms with E-state index < -0.39 is 0 Å². The quantitative estimate of drug-likeness (QED) is 0.728. The molecule has 3 heterocycles. The molecule has 5 nitrogen and oxygen atoms in total. The molecule has 2 aliphatic heterocycles. The van der Waals surface area contributed by atoms with Gasteiger partial charge < -0.3 is 14.5 Å². The largest absolute Gasteiger partial charge is 0.379 e. The molecule has 1 saturated heterocycles. The van der Waals surface area contributed by atoms with Gasteiger partial charge in [0.1, 0.15) is 0 Å². The number of para-hydroxylation sites is 1. The van der Waals surface area contributed by atoms with Crippen LogP contribution < -0.4 is 9.80 Å². The van der Waals surface area contributed by atoms with Crippen LogP contribution in [-0.4, -0.2) is 62.4 Å². The van der Waals surface area contributed by atoms with Crippen LogP contribution in [0.2, 0.25) is 0 Å². The number of ether oxygens (including phenoxy) is 1. The summed E-state index contributed by atoms with van der Waals surface area (Å²) in [6, 6.07) is 8.94. The fraction of sp³-hybridized carbons (Fsp3) is 0.571. The molecule has 27 heavy (non-hydrogen) atoms. The molecular formula is C21H30N4OS. The minimum atomic E-state index is 0.578. The van der Waals surface area contributed by atoms with Gasteiger partial charge in [0.25, 0.3) is 0 Å². The Morgan fingerprint density at radius 1 is 1.19 bits per heavy atom. The minimum absolute atomic E-state index is 0.578. The van der Waals surface area contributed by atoms with Crippen molar-refractivity contribution in [1.29, 1.82) is 0 Å². The zero-order valence-electron chi connectivity index (χ0n) is 16.4. The van der Waals surface area contributed by atoms with Crippen molar-refractivity contribution < 1.29 is 4.74 Å². The van der Waals surface area contributed by atoms with E-state index in [2.05, 4.69) is 64.0 Å². The van der Waals surface area contributed by atoms with Crippen molar-refractivity contribution in [3.8, 4) is 0 Å². The van der Waals surface area contributed by atoms with Gasteiger partial charge in [0.2, 0.25) is 0 Å². The second-order valence-electron chi connectivity index (χ2n) is 7.33. The molecule has 1 aromatic carbocycles. The summed E-state index contributed by atoms with van der Waals surface area (Å²) >= 11 is 1.83. The predicted molar refractivity (Wildman–Crippen MR) is 113 cm³/mol. The highest BCUT2D eigenvalue weighted by Crippen LogP contribution is 2.38. The van der Waals surface area contributed by atoms with E-state index in [9.17, 15) is 0 Å². The Kier molecular flexibility index (Phi) is 5.95. The summed E-state index contributed by atoms with van der Waals surface area (Å²) in [6.07, 6.45) is 2.07. The number of aromatic nitrogens is 1. The number of nitrogens with zero attached hydrogens (tertiary/aromatic N) is 4. The van der Waals surface area contributed by atoms with Crippen LogP contribution in [0.1, 0.15) is 30.2 Å². The first-order chi connectivity index (χ1) is 13.3. The fourth-order valence-electron chi connectivity index (χ4n) is 4.18. The molecular weight excluding hydrogens is 356 g/mol. The number of anilines is 2. The van der Waals surface area contributed by atoms with Gasteiger partial charge in [0.15, 0.2) is 5.13 Å². The first kappa shape index (κ1) is 18.7. The van der Waals surface area contributed by atoms with Gasteiger partial charge in [0.05, 0.1) is 19.8 Å². The number of hydrogen-bond donors (Lipinski definition) is 0. The average molecular weight is 387 g/mol. The molecule has 0 spiro atoms. The van der Waals surface area contributed by atoms with Crippen LogP contribution >= 0.6 is 11.3 Å². The smallest absolute Gasteiger partial charge is 0.185 e. The number of morpholine rings is 1. The van der Waals surface area contributed by atoms with E-state index in [0.29, 0.717) is 5.92 Å². The molecule has 1 unspecified atom stereocenters. The highest BCUT2D eigenvalue weighted by atomic mass is 32.1. The zero-order chi connectivity index (χ0) is 18.6. The van der Waals surface area contributed by atoms with Crippen molar-refractivity contribution in [1.82, 2.24) is 9.88 Å². The lowest BCUT2D eigenvalue weighted by Crippen LogP contribution is -2.39. The summed E-state index contributed by atoms with van der Waals surface area (Å²) in [5.41, 5.74) is 2.89. The van der Waals surface area contributed by atoms with Crippen molar-refractivity contribution in [3.63, 3.8) is 0 Å². The highest BCUT2D eigenvalue weighted by Gasteiger charge is 2.30. The molecule has 0 aliphatic carbocycles. The van der Waals surface area contributed by atoms with Gasteiger partial charge in [-0.05, 0) is 25.5 Å². The maximum atomic E-state index is 5.51. The maximum absolute atomic E-state index is 5.51. The van der Waals surface area contributed by atoms with Crippen LogP contribution in [0.15, 0.2) is 30.5 Å². The topological polar surface area (TPSA) is 31.8 Å². The van der Waals surface area contributed by atoms with E-state index in [1.807, 2.05) is 11.3 Å². The van der Waals surface area contributed by atoms with Crippen molar-refractivity contribution in [2.24, 2.45) is 0 Å². The molecule has 1 aromatic heterocycles. The first-order valence-corrected chi connectivity index (χ1v) is 10.9. The van der Waals surface area contributed by atoms with Crippen molar-refractivity contribution >= 4 is 22.2 Å². The van der Waals surface area contributed by atoms with Gasteiger partial charge in [-0.1, -0.05) is 18.2 Å². The van der Waals surface area contributed by atoms with Crippen molar-refractivity contribution in [2.45, 2.75) is 26.3 Å². The highest BCUT2D eigenvalue weighted by molar-refractivity contribution is 7.15. The third-order valence-corrected chi connectivity index (χ3v) is 6.71. The molecule has 0 amide bonds. The van der Waals surface area contributed by atoms with E-state index in [0.717, 1.165) is 64.2 Å². The van der Waals surface area contributed by atoms with Gasteiger partial charge in [-0.3, -0.25) is 4.90 Å².